The van der Waals surface area contributed by atoms with Gasteiger partial charge in [0.2, 0.25) is 0 Å². The number of methoxy groups -OCH3 is 1. The van der Waals surface area contributed by atoms with Crippen LogP contribution in [0.1, 0.15) is 41.6 Å². The second-order valence-corrected chi connectivity index (χ2v) is 5.41. The molecule has 1 N–H and O–H groups in total. The maximum atomic E-state index is 5.30. The molecule has 1 unspecified atom stereocenters. The maximum absolute atomic E-state index is 5.30. The lowest BCUT2D eigenvalue weighted by Crippen LogP contribution is -2.24. The molecule has 2 rings (SSSR count). The molecule has 21 heavy (non-hydrogen) atoms. The Bertz CT molecular complexity index is 596. The molecule has 0 saturated heterocycles. The summed E-state index contributed by atoms with van der Waals surface area (Å²) >= 11 is 0. The molecule has 3 nitrogen and oxygen atoms in total. The Morgan fingerprint density at radius 2 is 2.00 bits per heavy atom. The van der Waals surface area contributed by atoms with Crippen LogP contribution in [0, 0.1) is 13.8 Å². The van der Waals surface area contributed by atoms with Crippen molar-refractivity contribution >= 4 is 0 Å². The maximum Gasteiger partial charge on any atom is 0.137 e. The van der Waals surface area contributed by atoms with Crippen molar-refractivity contribution in [3.63, 3.8) is 0 Å². The van der Waals surface area contributed by atoms with Gasteiger partial charge in [-0.05, 0) is 49.6 Å². The van der Waals surface area contributed by atoms with Gasteiger partial charge in [0.1, 0.15) is 5.75 Å². The van der Waals surface area contributed by atoms with E-state index in [1.165, 1.54) is 16.7 Å². The monoisotopic (exact) mass is 284 g/mol. The molecule has 1 heterocycles. The van der Waals surface area contributed by atoms with E-state index in [1.807, 2.05) is 6.20 Å². The molecular weight excluding hydrogens is 260 g/mol. The number of aromatic nitrogens is 1. The zero-order valence-corrected chi connectivity index (χ0v) is 13.3. The molecule has 0 spiro atoms. The van der Waals surface area contributed by atoms with E-state index in [0.717, 1.165) is 24.3 Å². The molecule has 0 bridgehead atoms. The molecule has 0 radical (unpaired) electrons. The molecule has 1 aromatic heterocycles. The van der Waals surface area contributed by atoms with Gasteiger partial charge in [-0.2, -0.15) is 0 Å². The van der Waals surface area contributed by atoms with Gasteiger partial charge in [0.25, 0.3) is 0 Å². The summed E-state index contributed by atoms with van der Waals surface area (Å²) < 4.78 is 5.30. The Morgan fingerprint density at radius 1 is 1.19 bits per heavy atom. The number of hydrogen-bond acceptors (Lipinski definition) is 3. The quantitative estimate of drug-likeness (QED) is 0.876. The van der Waals surface area contributed by atoms with Gasteiger partial charge in [0.05, 0.1) is 19.3 Å². The number of pyridine rings is 1. The molecule has 1 atom stereocenters. The zero-order chi connectivity index (χ0) is 15.2. The minimum absolute atomic E-state index is 0.146. The topological polar surface area (TPSA) is 34.2 Å². The third kappa shape index (κ3) is 3.82. The van der Waals surface area contributed by atoms with Crippen molar-refractivity contribution in [2.24, 2.45) is 0 Å². The fourth-order valence-corrected chi connectivity index (χ4v) is 2.55. The van der Waals surface area contributed by atoms with E-state index in [-0.39, 0.29) is 6.04 Å². The summed E-state index contributed by atoms with van der Waals surface area (Å²) in [6.45, 7) is 7.43. The summed E-state index contributed by atoms with van der Waals surface area (Å²) in [5.41, 5.74) is 5.01. The number of hydrogen-bond donors (Lipinski definition) is 1. The zero-order valence-electron chi connectivity index (χ0n) is 13.3. The summed E-state index contributed by atoms with van der Waals surface area (Å²) in [6.07, 6.45) is 4.75. The number of nitrogens with one attached hydrogen (secondary N) is 1. The van der Waals surface area contributed by atoms with E-state index in [4.69, 9.17) is 4.74 Å². The summed E-state index contributed by atoms with van der Waals surface area (Å²) in [6, 6.07) is 8.80. The average Bonchev–Trinajstić information content (AvgIpc) is 2.49. The van der Waals surface area contributed by atoms with E-state index in [2.05, 4.69) is 55.3 Å². The fraction of sp³-hybridized carbons (Fsp3) is 0.389. The molecule has 0 aliphatic carbocycles. The Balaban J connectivity index is 2.41. The molecule has 2 aromatic rings. The number of aryl methyl sites for hydroxylation is 2. The van der Waals surface area contributed by atoms with E-state index in [9.17, 15) is 0 Å². The van der Waals surface area contributed by atoms with Crippen LogP contribution in [0.3, 0.4) is 0 Å². The Morgan fingerprint density at radius 3 is 2.67 bits per heavy atom. The molecule has 112 valence electrons. The smallest absolute Gasteiger partial charge is 0.137 e. The largest absolute Gasteiger partial charge is 0.495 e. The first-order valence-electron chi connectivity index (χ1n) is 7.45. The molecular formula is C18H24N2O. The summed E-state index contributed by atoms with van der Waals surface area (Å²) in [4.78, 5) is 4.29. The fourth-order valence-electron chi connectivity index (χ4n) is 2.55. The van der Waals surface area contributed by atoms with Crippen LogP contribution in [0.4, 0.5) is 0 Å². The van der Waals surface area contributed by atoms with Crippen molar-refractivity contribution in [3.05, 3.63) is 58.9 Å². The van der Waals surface area contributed by atoms with Gasteiger partial charge in [-0.3, -0.25) is 4.98 Å². The van der Waals surface area contributed by atoms with Crippen LogP contribution >= 0.6 is 0 Å². The SMILES string of the molecule is CCCNC(c1cncc(OC)c1)c1ccc(C)cc1C. The van der Waals surface area contributed by atoms with Gasteiger partial charge < -0.3 is 10.1 Å². The van der Waals surface area contributed by atoms with Crippen molar-refractivity contribution in [3.8, 4) is 5.75 Å². The van der Waals surface area contributed by atoms with E-state index >= 15 is 0 Å². The number of benzene rings is 1. The minimum atomic E-state index is 0.146. The molecule has 0 saturated carbocycles. The third-order valence-corrected chi connectivity index (χ3v) is 3.64. The van der Waals surface area contributed by atoms with Gasteiger partial charge in [0, 0.05) is 6.20 Å². The van der Waals surface area contributed by atoms with Crippen LogP contribution in [0.15, 0.2) is 36.7 Å². The summed E-state index contributed by atoms with van der Waals surface area (Å²) in [5.74, 6) is 0.792. The summed E-state index contributed by atoms with van der Waals surface area (Å²) in [7, 11) is 1.67. The Labute approximate surface area is 127 Å². The van der Waals surface area contributed by atoms with Crippen molar-refractivity contribution in [2.45, 2.75) is 33.2 Å². The van der Waals surface area contributed by atoms with Crippen LogP contribution in [0.2, 0.25) is 0 Å². The van der Waals surface area contributed by atoms with Crippen molar-refractivity contribution in [1.82, 2.24) is 10.3 Å². The average molecular weight is 284 g/mol. The first-order valence-corrected chi connectivity index (χ1v) is 7.45. The molecule has 1 aromatic carbocycles. The highest BCUT2D eigenvalue weighted by Gasteiger charge is 2.16. The molecule has 0 fully saturated rings. The predicted molar refractivity (Wildman–Crippen MR) is 86.8 cm³/mol. The van der Waals surface area contributed by atoms with Crippen molar-refractivity contribution < 1.29 is 4.74 Å². The van der Waals surface area contributed by atoms with Gasteiger partial charge in [-0.25, -0.2) is 0 Å². The Kier molecular flexibility index (Phi) is 5.34. The molecule has 0 aliphatic rings. The van der Waals surface area contributed by atoms with Crippen molar-refractivity contribution in [2.75, 3.05) is 13.7 Å². The lowest BCUT2D eigenvalue weighted by atomic mass is 9.94. The highest BCUT2D eigenvalue weighted by atomic mass is 16.5. The lowest BCUT2D eigenvalue weighted by molar-refractivity contribution is 0.411. The molecule has 0 amide bonds. The molecule has 0 aliphatic heterocycles. The van der Waals surface area contributed by atoms with Crippen LogP contribution in [-0.2, 0) is 0 Å². The predicted octanol–water partition coefficient (Wildman–Crippen LogP) is 3.80. The summed E-state index contributed by atoms with van der Waals surface area (Å²) in [5, 5.41) is 3.62. The lowest BCUT2D eigenvalue weighted by Gasteiger charge is -2.22. The van der Waals surface area contributed by atoms with Crippen LogP contribution in [0.25, 0.3) is 0 Å². The van der Waals surface area contributed by atoms with E-state index in [0.29, 0.717) is 0 Å². The van der Waals surface area contributed by atoms with Gasteiger partial charge in [-0.15, -0.1) is 0 Å². The molecule has 3 heteroatoms. The Hall–Kier alpha value is -1.87. The first-order chi connectivity index (χ1) is 10.2. The van der Waals surface area contributed by atoms with Crippen molar-refractivity contribution in [1.29, 1.82) is 0 Å². The van der Waals surface area contributed by atoms with Crippen LogP contribution in [0.5, 0.6) is 5.75 Å². The highest BCUT2D eigenvalue weighted by molar-refractivity contribution is 5.39. The van der Waals surface area contributed by atoms with E-state index in [1.54, 1.807) is 13.3 Å². The highest BCUT2D eigenvalue weighted by Crippen LogP contribution is 2.27. The van der Waals surface area contributed by atoms with Gasteiger partial charge in [0.15, 0.2) is 0 Å². The first kappa shape index (κ1) is 15.5. The van der Waals surface area contributed by atoms with Gasteiger partial charge in [-0.1, -0.05) is 30.7 Å². The standard InChI is InChI=1S/C18H24N2O/c1-5-8-20-18(15-10-16(21-4)12-19-11-15)17-7-6-13(2)9-14(17)3/h6-7,9-12,18,20H,5,8H2,1-4H3. The second kappa shape index (κ2) is 7.23. The number of ether oxygens (including phenoxy) is 1. The number of nitrogens with zero attached hydrogens (tertiary/aromatic N) is 1. The van der Waals surface area contributed by atoms with Gasteiger partial charge >= 0.3 is 0 Å². The van der Waals surface area contributed by atoms with E-state index < -0.39 is 0 Å². The third-order valence-electron chi connectivity index (χ3n) is 3.64. The minimum Gasteiger partial charge on any atom is -0.495 e. The normalized spacial score (nSPS) is 12.2. The van der Waals surface area contributed by atoms with Crippen LogP contribution < -0.4 is 10.1 Å². The number of rotatable bonds is 6. The second-order valence-electron chi connectivity index (χ2n) is 5.41. The van der Waals surface area contributed by atoms with Crippen LogP contribution in [-0.4, -0.2) is 18.6 Å².